The highest BCUT2D eigenvalue weighted by Crippen LogP contribution is 2.34. The number of amides is 1. The lowest BCUT2D eigenvalue weighted by molar-refractivity contribution is -0.141. The van der Waals surface area contributed by atoms with Crippen LogP contribution in [0.1, 0.15) is 35.4 Å². The molecule has 0 aliphatic carbocycles. The summed E-state index contributed by atoms with van der Waals surface area (Å²) >= 11 is 6.01. The number of hydrogen-bond donors (Lipinski definition) is 3. The molecule has 3 aromatic rings. The number of Topliss-reactive ketones (excluding diaryl/α,β-unsaturated/α-hetero) is 1. The minimum absolute atomic E-state index is 0.0183. The van der Waals surface area contributed by atoms with Gasteiger partial charge in [-0.15, -0.1) is 0 Å². The lowest BCUT2D eigenvalue weighted by atomic mass is 10.0. The Morgan fingerprint density at radius 1 is 1.03 bits per heavy atom. The first-order chi connectivity index (χ1) is 17.8. The van der Waals surface area contributed by atoms with E-state index in [0.29, 0.717) is 22.6 Å². The van der Waals surface area contributed by atoms with E-state index >= 15 is 0 Å². The van der Waals surface area contributed by atoms with Crippen molar-refractivity contribution >= 4 is 58.8 Å². The zero-order valence-electron chi connectivity index (χ0n) is 19.9. The number of rotatable bonds is 11. The summed E-state index contributed by atoms with van der Waals surface area (Å²) in [4.78, 5) is 36.1. The second kappa shape index (κ2) is 13.9. The van der Waals surface area contributed by atoms with Gasteiger partial charge in [-0.25, -0.2) is 4.79 Å². The van der Waals surface area contributed by atoms with Crippen LogP contribution >= 0.6 is 35.2 Å². The van der Waals surface area contributed by atoms with Crippen LogP contribution in [0.5, 0.6) is 11.5 Å². The number of benzene rings is 3. The van der Waals surface area contributed by atoms with Gasteiger partial charge in [0.25, 0.3) is 0 Å². The molecule has 3 aromatic carbocycles. The summed E-state index contributed by atoms with van der Waals surface area (Å²) in [5.41, 5.74) is 1.26. The molecular formula is C27H26INO7S. The fraction of sp³-hybridized carbons (Fsp3) is 0.222. The largest absolute Gasteiger partial charge is 0.508 e. The Labute approximate surface area is 233 Å². The quantitative estimate of drug-likeness (QED) is 0.106. The van der Waals surface area contributed by atoms with Crippen molar-refractivity contribution in [3.63, 3.8) is 0 Å². The molecule has 0 bridgehead atoms. The number of phenolic OH excluding ortho intramolecular Hbond substituents is 1. The van der Waals surface area contributed by atoms with Gasteiger partial charge in [0.15, 0.2) is 11.9 Å². The SMILES string of the molecule is CC(=O)c1ccc(NC(=O)O[C@@H](c2cc(I)ccc2O)[C@H](CCOC(=O)CS)Oc2ccccc2)cc1. The lowest BCUT2D eigenvalue weighted by Gasteiger charge is -2.29. The fourth-order valence-corrected chi connectivity index (χ4v) is 4.03. The van der Waals surface area contributed by atoms with Crippen LogP contribution < -0.4 is 10.1 Å². The third-order valence-electron chi connectivity index (χ3n) is 5.23. The molecule has 10 heteroatoms. The highest BCUT2D eigenvalue weighted by molar-refractivity contribution is 14.1. The summed E-state index contributed by atoms with van der Waals surface area (Å²) < 4.78 is 18.0. The third kappa shape index (κ3) is 8.67. The van der Waals surface area contributed by atoms with Crippen molar-refractivity contribution in [1.29, 1.82) is 0 Å². The maximum Gasteiger partial charge on any atom is 0.412 e. The molecule has 0 saturated heterocycles. The molecule has 37 heavy (non-hydrogen) atoms. The molecule has 0 unspecified atom stereocenters. The number of ketones is 1. The molecule has 194 valence electrons. The predicted molar refractivity (Wildman–Crippen MR) is 150 cm³/mol. The predicted octanol–water partition coefficient (Wildman–Crippen LogP) is 5.80. The highest BCUT2D eigenvalue weighted by Gasteiger charge is 2.32. The average molecular weight is 635 g/mol. The van der Waals surface area contributed by atoms with Gasteiger partial charge in [-0.3, -0.25) is 14.9 Å². The Morgan fingerprint density at radius 2 is 1.73 bits per heavy atom. The van der Waals surface area contributed by atoms with Gasteiger partial charge in [0.1, 0.15) is 17.6 Å². The molecule has 0 saturated carbocycles. The molecule has 0 radical (unpaired) electrons. The van der Waals surface area contributed by atoms with E-state index in [1.54, 1.807) is 60.7 Å². The van der Waals surface area contributed by atoms with Gasteiger partial charge < -0.3 is 19.3 Å². The van der Waals surface area contributed by atoms with Gasteiger partial charge in [0, 0.05) is 26.8 Å². The molecule has 1 amide bonds. The molecular weight excluding hydrogens is 609 g/mol. The molecule has 3 rings (SSSR count). The van der Waals surface area contributed by atoms with Crippen molar-refractivity contribution in [2.24, 2.45) is 0 Å². The summed E-state index contributed by atoms with van der Waals surface area (Å²) in [6, 6.07) is 20.2. The Bertz CT molecular complexity index is 1220. The number of esters is 1. The Balaban J connectivity index is 1.90. The second-order valence-corrected chi connectivity index (χ2v) is 9.49. The van der Waals surface area contributed by atoms with Gasteiger partial charge in [-0.2, -0.15) is 12.6 Å². The number of hydrogen-bond acceptors (Lipinski definition) is 8. The van der Waals surface area contributed by atoms with E-state index in [1.807, 2.05) is 6.07 Å². The topological polar surface area (TPSA) is 111 Å². The number of carbonyl (C=O) groups excluding carboxylic acids is 3. The molecule has 0 heterocycles. The number of nitrogens with one attached hydrogen (secondary N) is 1. The first kappa shape index (κ1) is 28.3. The maximum absolute atomic E-state index is 13.0. The average Bonchev–Trinajstić information content (AvgIpc) is 2.89. The first-order valence-corrected chi connectivity index (χ1v) is 13.0. The molecule has 0 aliphatic heterocycles. The van der Waals surface area contributed by atoms with Crippen LogP contribution in [0.3, 0.4) is 0 Å². The zero-order valence-corrected chi connectivity index (χ0v) is 23.0. The van der Waals surface area contributed by atoms with Gasteiger partial charge in [0.05, 0.1) is 12.4 Å². The van der Waals surface area contributed by atoms with Crippen LogP contribution in [0.2, 0.25) is 0 Å². The normalized spacial score (nSPS) is 12.2. The standard InChI is InChI=1S/C27H26INO7S/c1-17(30)18-7-10-20(11-8-18)29-27(33)36-26(22-15-19(28)9-12-23(22)31)24(13-14-34-25(32)16-37)35-21-5-3-2-4-6-21/h2-12,15,24,26,31,37H,13-14,16H2,1H3,(H,29,33)/t24-,26-/m0/s1. The van der Waals surface area contributed by atoms with Crippen LogP contribution in [0.4, 0.5) is 10.5 Å². The molecule has 0 fully saturated rings. The van der Waals surface area contributed by atoms with Crippen LogP contribution in [-0.4, -0.2) is 41.4 Å². The van der Waals surface area contributed by atoms with Gasteiger partial charge in [0.2, 0.25) is 0 Å². The van der Waals surface area contributed by atoms with Crippen molar-refractivity contribution in [2.45, 2.75) is 25.6 Å². The van der Waals surface area contributed by atoms with Gasteiger partial charge in [-0.1, -0.05) is 18.2 Å². The van der Waals surface area contributed by atoms with E-state index in [2.05, 4.69) is 40.5 Å². The Kier molecular flexibility index (Phi) is 10.6. The first-order valence-electron chi connectivity index (χ1n) is 11.3. The molecule has 8 nitrogen and oxygen atoms in total. The van der Waals surface area contributed by atoms with E-state index in [0.717, 1.165) is 3.57 Å². The fourth-order valence-electron chi connectivity index (χ4n) is 3.42. The van der Waals surface area contributed by atoms with E-state index in [9.17, 15) is 19.5 Å². The second-order valence-electron chi connectivity index (χ2n) is 7.92. The zero-order chi connectivity index (χ0) is 26.8. The smallest absolute Gasteiger partial charge is 0.412 e. The summed E-state index contributed by atoms with van der Waals surface area (Å²) in [5, 5.41) is 13.3. The number of ether oxygens (including phenoxy) is 3. The maximum atomic E-state index is 13.0. The number of anilines is 1. The third-order valence-corrected chi connectivity index (χ3v) is 6.16. The van der Waals surface area contributed by atoms with Crippen LogP contribution in [-0.2, 0) is 14.3 Å². The summed E-state index contributed by atoms with van der Waals surface area (Å²) in [6.45, 7) is 1.44. The van der Waals surface area contributed by atoms with Crippen LogP contribution in [0.15, 0.2) is 72.8 Å². The van der Waals surface area contributed by atoms with E-state index < -0.39 is 24.3 Å². The van der Waals surface area contributed by atoms with Gasteiger partial charge in [-0.05, 0) is 84.1 Å². The van der Waals surface area contributed by atoms with Crippen molar-refractivity contribution in [2.75, 3.05) is 17.7 Å². The minimum atomic E-state index is -1.07. The summed E-state index contributed by atoms with van der Waals surface area (Å²) in [6.07, 6.45) is -2.54. The minimum Gasteiger partial charge on any atom is -0.508 e. The number of phenols is 1. The molecule has 2 atom stereocenters. The van der Waals surface area contributed by atoms with Gasteiger partial charge >= 0.3 is 12.1 Å². The van der Waals surface area contributed by atoms with Crippen LogP contribution in [0, 0.1) is 3.57 Å². The number of carbonyl (C=O) groups is 3. The highest BCUT2D eigenvalue weighted by atomic mass is 127. The van der Waals surface area contributed by atoms with Crippen molar-refractivity contribution in [1.82, 2.24) is 0 Å². The Hall–Kier alpha value is -3.25. The number of thiol groups is 1. The summed E-state index contributed by atoms with van der Waals surface area (Å²) in [5.74, 6) is -0.247. The molecule has 0 aliphatic rings. The molecule has 2 N–H and O–H groups in total. The molecule has 0 spiro atoms. The number of halogens is 1. The monoisotopic (exact) mass is 635 g/mol. The number of para-hydroxylation sites is 1. The van der Waals surface area contributed by atoms with Crippen LogP contribution in [0.25, 0.3) is 0 Å². The summed E-state index contributed by atoms with van der Waals surface area (Å²) in [7, 11) is 0. The number of aromatic hydroxyl groups is 1. The molecule has 0 aromatic heterocycles. The van der Waals surface area contributed by atoms with E-state index in [-0.39, 0.29) is 30.3 Å². The lowest BCUT2D eigenvalue weighted by Crippen LogP contribution is -2.32. The van der Waals surface area contributed by atoms with Crippen molar-refractivity contribution in [3.8, 4) is 11.5 Å². The Morgan fingerprint density at radius 3 is 2.38 bits per heavy atom. The van der Waals surface area contributed by atoms with Crippen molar-refractivity contribution in [3.05, 3.63) is 87.5 Å². The van der Waals surface area contributed by atoms with E-state index in [4.69, 9.17) is 14.2 Å². The van der Waals surface area contributed by atoms with Crippen molar-refractivity contribution < 1.29 is 33.7 Å². The van der Waals surface area contributed by atoms with E-state index in [1.165, 1.54) is 13.0 Å².